The van der Waals surface area contributed by atoms with Crippen LogP contribution in [-0.4, -0.2) is 24.9 Å². The van der Waals surface area contributed by atoms with Gasteiger partial charge in [-0.2, -0.15) is 0 Å². The Labute approximate surface area is 107 Å². The van der Waals surface area contributed by atoms with Crippen molar-refractivity contribution in [2.24, 2.45) is 0 Å². The lowest BCUT2D eigenvalue weighted by molar-refractivity contribution is 0.251. The van der Waals surface area contributed by atoms with Gasteiger partial charge < -0.3 is 15.2 Å². The van der Waals surface area contributed by atoms with Gasteiger partial charge in [0.1, 0.15) is 5.75 Å². The molecule has 3 nitrogen and oxygen atoms in total. The topological polar surface area (TPSA) is 41.5 Å². The lowest BCUT2D eigenvalue weighted by atomic mass is 10.0. The molecule has 0 aliphatic carbocycles. The molecule has 2 aromatic rings. The smallest absolute Gasteiger partial charge is 0.126 e. The number of ether oxygens (including phenoxy) is 1. The molecule has 0 heterocycles. The third-order valence-electron chi connectivity index (χ3n) is 3.11. The largest absolute Gasteiger partial charge is 0.496 e. The fourth-order valence-electron chi connectivity index (χ4n) is 2.01. The van der Waals surface area contributed by atoms with Crippen molar-refractivity contribution >= 4 is 10.8 Å². The summed E-state index contributed by atoms with van der Waals surface area (Å²) in [6.45, 7) is 2.85. The first-order valence-electron chi connectivity index (χ1n) is 6.15. The van der Waals surface area contributed by atoms with E-state index in [1.165, 1.54) is 10.9 Å². The zero-order chi connectivity index (χ0) is 13.0. The summed E-state index contributed by atoms with van der Waals surface area (Å²) < 4.78 is 5.37. The molecule has 0 spiro atoms. The fraction of sp³-hybridized carbons (Fsp3) is 0.333. The van der Waals surface area contributed by atoms with Gasteiger partial charge in [0.2, 0.25) is 0 Å². The minimum atomic E-state index is 0.103. The summed E-state index contributed by atoms with van der Waals surface area (Å²) in [6, 6.07) is 12.4. The molecule has 0 bridgehead atoms. The molecule has 96 valence electrons. The van der Waals surface area contributed by atoms with Gasteiger partial charge in [0.05, 0.1) is 13.7 Å². The summed E-state index contributed by atoms with van der Waals surface area (Å²) in [5.74, 6) is 0.893. The van der Waals surface area contributed by atoms with Crippen molar-refractivity contribution in [3.05, 3.63) is 42.0 Å². The number of aliphatic hydroxyl groups excluding tert-OH is 1. The molecule has 0 fully saturated rings. The van der Waals surface area contributed by atoms with Crippen LogP contribution in [-0.2, 0) is 6.54 Å². The van der Waals surface area contributed by atoms with E-state index >= 15 is 0 Å². The molecule has 2 rings (SSSR count). The highest BCUT2D eigenvalue weighted by Gasteiger charge is 2.06. The summed E-state index contributed by atoms with van der Waals surface area (Å²) in [6.07, 6.45) is 0. The summed E-state index contributed by atoms with van der Waals surface area (Å²) in [4.78, 5) is 0. The second-order valence-electron chi connectivity index (χ2n) is 4.44. The van der Waals surface area contributed by atoms with E-state index < -0.39 is 0 Å². The van der Waals surface area contributed by atoms with Crippen LogP contribution >= 0.6 is 0 Å². The summed E-state index contributed by atoms with van der Waals surface area (Å²) in [5, 5.41) is 14.6. The van der Waals surface area contributed by atoms with Crippen LogP contribution in [0.3, 0.4) is 0 Å². The first kappa shape index (κ1) is 12.9. The maximum atomic E-state index is 9.03. The normalized spacial score (nSPS) is 12.6. The number of rotatable bonds is 5. The van der Waals surface area contributed by atoms with E-state index in [-0.39, 0.29) is 12.6 Å². The van der Waals surface area contributed by atoms with Crippen LogP contribution in [0.25, 0.3) is 10.8 Å². The molecule has 1 atom stereocenters. The lowest BCUT2D eigenvalue weighted by Gasteiger charge is -2.14. The molecule has 0 saturated heterocycles. The van der Waals surface area contributed by atoms with Gasteiger partial charge in [-0.3, -0.25) is 0 Å². The molecule has 2 aromatic carbocycles. The van der Waals surface area contributed by atoms with Crippen LogP contribution in [0.4, 0.5) is 0 Å². The van der Waals surface area contributed by atoms with Gasteiger partial charge in [-0.05, 0) is 23.9 Å². The third kappa shape index (κ3) is 2.63. The number of fused-ring (bicyclic) bond motifs is 1. The predicted octanol–water partition coefficient (Wildman–Crippen LogP) is 2.32. The monoisotopic (exact) mass is 245 g/mol. The highest BCUT2D eigenvalue weighted by Crippen LogP contribution is 2.28. The molecule has 2 N–H and O–H groups in total. The maximum Gasteiger partial charge on any atom is 0.126 e. The number of hydrogen-bond donors (Lipinski definition) is 2. The molecule has 1 unspecified atom stereocenters. The van der Waals surface area contributed by atoms with Crippen molar-refractivity contribution in [2.75, 3.05) is 13.7 Å². The van der Waals surface area contributed by atoms with Crippen LogP contribution in [0.1, 0.15) is 12.5 Å². The SMILES string of the molecule is COc1ccc(CNC(C)CO)c2ccccc12. The Morgan fingerprint density at radius 3 is 2.56 bits per heavy atom. The van der Waals surface area contributed by atoms with Crippen LogP contribution in [0, 0.1) is 0 Å². The van der Waals surface area contributed by atoms with Crippen molar-refractivity contribution in [1.29, 1.82) is 0 Å². The Kier molecular flexibility index (Phi) is 4.18. The average molecular weight is 245 g/mol. The number of benzene rings is 2. The molecule has 18 heavy (non-hydrogen) atoms. The molecule has 0 aromatic heterocycles. The Morgan fingerprint density at radius 2 is 1.89 bits per heavy atom. The zero-order valence-corrected chi connectivity index (χ0v) is 10.8. The van der Waals surface area contributed by atoms with Crippen LogP contribution in [0.2, 0.25) is 0 Å². The van der Waals surface area contributed by atoms with Gasteiger partial charge in [-0.1, -0.05) is 30.3 Å². The molecular weight excluding hydrogens is 226 g/mol. The molecule has 0 aliphatic heterocycles. The average Bonchev–Trinajstić information content (AvgIpc) is 2.44. The highest BCUT2D eigenvalue weighted by atomic mass is 16.5. The Morgan fingerprint density at radius 1 is 1.17 bits per heavy atom. The Hall–Kier alpha value is -1.58. The van der Waals surface area contributed by atoms with Gasteiger partial charge in [-0.25, -0.2) is 0 Å². The van der Waals surface area contributed by atoms with E-state index in [9.17, 15) is 0 Å². The lowest BCUT2D eigenvalue weighted by Crippen LogP contribution is -2.28. The zero-order valence-electron chi connectivity index (χ0n) is 10.8. The molecule has 3 heteroatoms. The molecular formula is C15H19NO2. The van der Waals surface area contributed by atoms with Crippen molar-refractivity contribution in [3.8, 4) is 5.75 Å². The van der Waals surface area contributed by atoms with Gasteiger partial charge in [0.25, 0.3) is 0 Å². The Bertz CT molecular complexity index is 525. The van der Waals surface area contributed by atoms with Gasteiger partial charge >= 0.3 is 0 Å². The van der Waals surface area contributed by atoms with Gasteiger partial charge in [-0.15, -0.1) is 0 Å². The molecule has 0 amide bonds. The van der Waals surface area contributed by atoms with Gasteiger partial charge in [0, 0.05) is 18.0 Å². The van der Waals surface area contributed by atoms with E-state index in [1.807, 2.05) is 25.1 Å². The molecule has 0 saturated carbocycles. The van der Waals surface area contributed by atoms with Crippen molar-refractivity contribution in [2.45, 2.75) is 19.5 Å². The van der Waals surface area contributed by atoms with Crippen LogP contribution in [0.5, 0.6) is 5.75 Å². The molecule has 0 aliphatic rings. The van der Waals surface area contributed by atoms with Crippen LogP contribution < -0.4 is 10.1 Å². The van der Waals surface area contributed by atoms with E-state index in [0.29, 0.717) is 0 Å². The predicted molar refractivity (Wildman–Crippen MR) is 73.9 cm³/mol. The van der Waals surface area contributed by atoms with Gasteiger partial charge in [0.15, 0.2) is 0 Å². The Balaban J connectivity index is 2.34. The summed E-state index contributed by atoms with van der Waals surface area (Å²) >= 11 is 0. The van der Waals surface area contributed by atoms with E-state index in [1.54, 1.807) is 7.11 Å². The van der Waals surface area contributed by atoms with E-state index in [4.69, 9.17) is 9.84 Å². The minimum absolute atomic E-state index is 0.103. The molecule has 0 radical (unpaired) electrons. The summed E-state index contributed by atoms with van der Waals surface area (Å²) in [7, 11) is 1.69. The van der Waals surface area contributed by atoms with Crippen LogP contribution in [0.15, 0.2) is 36.4 Å². The first-order chi connectivity index (χ1) is 8.76. The van der Waals surface area contributed by atoms with Crippen molar-refractivity contribution in [3.63, 3.8) is 0 Å². The van der Waals surface area contributed by atoms with E-state index in [2.05, 4.69) is 23.5 Å². The van der Waals surface area contributed by atoms with Crippen molar-refractivity contribution in [1.82, 2.24) is 5.32 Å². The third-order valence-corrected chi connectivity index (χ3v) is 3.11. The standard InChI is InChI=1S/C15H19NO2/c1-11(10-17)16-9-12-7-8-15(18-2)14-6-4-3-5-13(12)14/h3-8,11,16-17H,9-10H2,1-2H3. The highest BCUT2D eigenvalue weighted by molar-refractivity contribution is 5.91. The summed E-state index contributed by atoms with van der Waals surface area (Å²) in [5.41, 5.74) is 1.21. The first-order valence-corrected chi connectivity index (χ1v) is 6.15. The number of hydrogen-bond acceptors (Lipinski definition) is 3. The van der Waals surface area contributed by atoms with Crippen molar-refractivity contribution < 1.29 is 9.84 Å². The second kappa shape index (κ2) is 5.85. The number of methoxy groups -OCH3 is 1. The fourth-order valence-corrected chi connectivity index (χ4v) is 2.01. The second-order valence-corrected chi connectivity index (χ2v) is 4.44. The number of nitrogens with one attached hydrogen (secondary N) is 1. The quantitative estimate of drug-likeness (QED) is 0.849. The maximum absolute atomic E-state index is 9.03. The number of aliphatic hydroxyl groups is 1. The van der Waals surface area contributed by atoms with E-state index in [0.717, 1.165) is 17.7 Å². The minimum Gasteiger partial charge on any atom is -0.496 e.